The van der Waals surface area contributed by atoms with E-state index in [-0.39, 0.29) is 37.1 Å². The van der Waals surface area contributed by atoms with Crippen molar-refractivity contribution in [3.63, 3.8) is 0 Å². The van der Waals surface area contributed by atoms with Crippen molar-refractivity contribution in [1.29, 1.82) is 0 Å². The highest BCUT2D eigenvalue weighted by Crippen LogP contribution is 2.31. The lowest BCUT2D eigenvalue weighted by atomic mass is 10.1. The molecule has 1 N–H and O–H groups in total. The number of alkyl halides is 1. The second kappa shape index (κ2) is 8.64. The molecule has 4 heterocycles. The first kappa shape index (κ1) is 21.3. The van der Waals surface area contributed by atoms with Gasteiger partial charge in [-0.25, -0.2) is 14.1 Å². The van der Waals surface area contributed by atoms with E-state index in [4.69, 9.17) is 26.0 Å². The predicted octanol–water partition coefficient (Wildman–Crippen LogP) is 2.16. The summed E-state index contributed by atoms with van der Waals surface area (Å²) in [5.74, 6) is 0.942. The molecule has 0 aliphatic carbocycles. The first-order chi connectivity index (χ1) is 14.9. The molecule has 11 heteroatoms. The van der Waals surface area contributed by atoms with E-state index in [1.54, 1.807) is 23.2 Å². The van der Waals surface area contributed by atoms with E-state index in [0.29, 0.717) is 11.4 Å². The first-order valence-corrected chi connectivity index (χ1v) is 10.1. The highest BCUT2D eigenvalue weighted by Gasteiger charge is 2.36. The number of aliphatic hydroxyl groups excluding tert-OH is 1. The lowest BCUT2D eigenvalue weighted by Crippen LogP contribution is -2.30. The number of aliphatic hydroxyl groups is 1. The smallest absolute Gasteiger partial charge is 0.287 e. The van der Waals surface area contributed by atoms with Crippen molar-refractivity contribution < 1.29 is 18.8 Å². The number of nitrogens with zero attached hydrogens (tertiary/aromatic N) is 5. The van der Waals surface area contributed by atoms with Crippen LogP contribution in [0.1, 0.15) is 11.5 Å². The molecule has 164 valence electrons. The van der Waals surface area contributed by atoms with E-state index in [9.17, 15) is 9.18 Å². The molecule has 1 saturated heterocycles. The van der Waals surface area contributed by atoms with Crippen LogP contribution in [0, 0.1) is 13.8 Å². The van der Waals surface area contributed by atoms with Crippen LogP contribution in [0.4, 0.5) is 10.1 Å². The molecule has 0 bridgehead atoms. The average Bonchev–Trinajstić information content (AvgIpc) is 3.27. The Balaban J connectivity index is 1.53. The maximum absolute atomic E-state index is 14.7. The zero-order valence-electron chi connectivity index (χ0n) is 17.0. The Bertz CT molecular complexity index is 1130. The Morgan fingerprint density at radius 1 is 1.39 bits per heavy atom. The average molecular weight is 450 g/mol. The van der Waals surface area contributed by atoms with Gasteiger partial charge in [0.1, 0.15) is 10.8 Å². The molecule has 3 aromatic heterocycles. The summed E-state index contributed by atoms with van der Waals surface area (Å²) in [6, 6.07) is 3.52. The summed E-state index contributed by atoms with van der Waals surface area (Å²) >= 11 is 6.19. The maximum atomic E-state index is 14.7. The van der Waals surface area contributed by atoms with Crippen LogP contribution in [0.5, 0.6) is 5.88 Å². The summed E-state index contributed by atoms with van der Waals surface area (Å²) in [7, 11) is 0. The molecule has 2 atom stereocenters. The molecule has 0 spiro atoms. The minimum atomic E-state index is -1.32. The third kappa shape index (κ3) is 4.13. The van der Waals surface area contributed by atoms with Gasteiger partial charge in [0.05, 0.1) is 43.8 Å². The van der Waals surface area contributed by atoms with E-state index >= 15 is 0 Å². The zero-order chi connectivity index (χ0) is 22.1. The van der Waals surface area contributed by atoms with E-state index in [0.717, 1.165) is 21.5 Å². The molecule has 0 unspecified atom stereocenters. The number of rotatable bonds is 6. The number of pyridine rings is 1. The molecular formula is C20H21ClFN5O4. The van der Waals surface area contributed by atoms with Crippen molar-refractivity contribution in [2.45, 2.75) is 32.7 Å². The Hall–Kier alpha value is -2.98. The van der Waals surface area contributed by atoms with Gasteiger partial charge < -0.3 is 19.3 Å². The standard InChI is InChI=1S/C20H21ClFN5O4/c1-11-18(12(2)31-25-11)13-3-4-23-17(7-13)30-16-10-26(9-14(16)22)15-8-24-27(5-6-28)20(29)19(15)21/h3-4,7-8,14,16,28H,5-6,9-10H2,1-2H3/t14-,16-/m0/s1. The van der Waals surface area contributed by atoms with Crippen LogP contribution in [0.15, 0.2) is 33.8 Å². The van der Waals surface area contributed by atoms with Gasteiger partial charge in [0.25, 0.3) is 5.56 Å². The molecule has 9 nitrogen and oxygen atoms in total. The largest absolute Gasteiger partial charge is 0.469 e. The normalized spacial score (nSPS) is 18.5. The van der Waals surface area contributed by atoms with Crippen LogP contribution < -0.4 is 15.2 Å². The molecule has 0 amide bonds. The number of anilines is 1. The Labute approximate surface area is 182 Å². The molecule has 0 radical (unpaired) electrons. The monoisotopic (exact) mass is 449 g/mol. The van der Waals surface area contributed by atoms with Gasteiger partial charge in [-0.2, -0.15) is 5.10 Å². The topological polar surface area (TPSA) is 107 Å². The number of aryl methyl sites for hydroxylation is 2. The SMILES string of the molecule is Cc1noc(C)c1-c1ccnc(O[C@H]2CN(c3cnn(CCO)c(=O)c3Cl)C[C@@H]2F)c1. The molecular weight excluding hydrogens is 429 g/mol. The second-order valence-corrected chi connectivity index (χ2v) is 7.63. The summed E-state index contributed by atoms with van der Waals surface area (Å²) in [5, 5.41) is 16.9. The summed E-state index contributed by atoms with van der Waals surface area (Å²) in [4.78, 5) is 18.1. The van der Waals surface area contributed by atoms with Crippen molar-refractivity contribution in [2.24, 2.45) is 0 Å². The molecule has 1 aliphatic rings. The van der Waals surface area contributed by atoms with Gasteiger partial charge >= 0.3 is 0 Å². The minimum Gasteiger partial charge on any atom is -0.469 e. The fourth-order valence-corrected chi connectivity index (χ4v) is 3.92. The van der Waals surface area contributed by atoms with E-state index < -0.39 is 17.8 Å². The van der Waals surface area contributed by atoms with Crippen molar-refractivity contribution in [3.05, 3.63) is 51.4 Å². The molecule has 0 aromatic carbocycles. The predicted molar refractivity (Wildman–Crippen MR) is 111 cm³/mol. The van der Waals surface area contributed by atoms with Gasteiger partial charge in [-0.05, 0) is 25.5 Å². The number of halogens is 2. The lowest BCUT2D eigenvalue weighted by molar-refractivity contribution is 0.135. The third-order valence-electron chi connectivity index (χ3n) is 5.15. The van der Waals surface area contributed by atoms with Crippen LogP contribution in [-0.4, -0.2) is 57.0 Å². The van der Waals surface area contributed by atoms with Crippen LogP contribution >= 0.6 is 11.6 Å². The van der Waals surface area contributed by atoms with Crippen LogP contribution in [0.2, 0.25) is 5.02 Å². The van der Waals surface area contributed by atoms with Crippen LogP contribution in [0.25, 0.3) is 11.1 Å². The van der Waals surface area contributed by atoms with Crippen LogP contribution in [0.3, 0.4) is 0 Å². The van der Waals surface area contributed by atoms with Crippen molar-refractivity contribution in [2.75, 3.05) is 24.6 Å². The van der Waals surface area contributed by atoms with Gasteiger partial charge in [-0.3, -0.25) is 4.79 Å². The van der Waals surface area contributed by atoms with E-state index in [1.165, 1.54) is 6.20 Å². The fraction of sp³-hybridized carbons (Fsp3) is 0.400. The van der Waals surface area contributed by atoms with Crippen molar-refractivity contribution >= 4 is 17.3 Å². The molecule has 0 saturated carbocycles. The summed E-state index contributed by atoms with van der Waals surface area (Å²) in [5.41, 5.74) is 2.18. The highest BCUT2D eigenvalue weighted by molar-refractivity contribution is 6.33. The fourth-order valence-electron chi connectivity index (χ4n) is 3.65. The number of hydrogen-bond donors (Lipinski definition) is 1. The minimum absolute atomic E-state index is 0.000915. The molecule has 4 rings (SSSR count). The summed E-state index contributed by atoms with van der Waals surface area (Å²) in [6.07, 6.45) is 0.854. The van der Waals surface area contributed by atoms with Crippen LogP contribution in [-0.2, 0) is 6.54 Å². The quantitative estimate of drug-likeness (QED) is 0.610. The summed E-state index contributed by atoms with van der Waals surface area (Å²) < 4.78 is 26.8. The van der Waals surface area contributed by atoms with Gasteiger partial charge in [0.15, 0.2) is 12.3 Å². The molecule has 1 aliphatic heterocycles. The van der Waals surface area contributed by atoms with Gasteiger partial charge in [0.2, 0.25) is 5.88 Å². The second-order valence-electron chi connectivity index (χ2n) is 7.25. The first-order valence-electron chi connectivity index (χ1n) is 9.70. The van der Waals surface area contributed by atoms with E-state index in [1.807, 2.05) is 13.8 Å². The molecule has 3 aromatic rings. The Morgan fingerprint density at radius 2 is 2.19 bits per heavy atom. The Morgan fingerprint density at radius 3 is 2.90 bits per heavy atom. The van der Waals surface area contributed by atoms with Crippen molar-refractivity contribution in [3.8, 4) is 17.0 Å². The summed E-state index contributed by atoms with van der Waals surface area (Å²) in [6.45, 7) is 3.61. The third-order valence-corrected chi connectivity index (χ3v) is 5.50. The highest BCUT2D eigenvalue weighted by atomic mass is 35.5. The lowest BCUT2D eigenvalue weighted by Gasteiger charge is -2.19. The van der Waals surface area contributed by atoms with Gasteiger partial charge in [-0.15, -0.1) is 0 Å². The molecule has 31 heavy (non-hydrogen) atoms. The number of ether oxygens (including phenoxy) is 1. The maximum Gasteiger partial charge on any atom is 0.287 e. The van der Waals surface area contributed by atoms with E-state index in [2.05, 4.69) is 15.2 Å². The van der Waals surface area contributed by atoms with Gasteiger partial charge in [-0.1, -0.05) is 16.8 Å². The number of hydrogen-bond acceptors (Lipinski definition) is 8. The van der Waals surface area contributed by atoms with Crippen molar-refractivity contribution in [1.82, 2.24) is 19.9 Å². The Kier molecular flexibility index (Phi) is 5.92. The molecule has 1 fully saturated rings. The zero-order valence-corrected chi connectivity index (χ0v) is 17.7. The number of aromatic nitrogens is 4. The van der Waals surface area contributed by atoms with Gasteiger partial charge in [0, 0.05) is 17.8 Å².